The standard InChI is InChI=1S/C19H14FN3O2S/c20-14-6-2-4-8-16(14)23-18(25)13(17(24)21-19(23)26)11-22-10-9-12-5-1-3-7-15(12)22/h1-8,11H,9-10H2,(H,21,24,26). The van der Waals surface area contributed by atoms with E-state index < -0.39 is 17.6 Å². The van der Waals surface area contributed by atoms with E-state index in [9.17, 15) is 14.0 Å². The Balaban J connectivity index is 1.73. The van der Waals surface area contributed by atoms with Crippen molar-refractivity contribution < 1.29 is 14.0 Å². The van der Waals surface area contributed by atoms with E-state index in [1.54, 1.807) is 6.07 Å². The number of carbonyl (C=O) groups is 2. The lowest BCUT2D eigenvalue weighted by Gasteiger charge is -2.29. The maximum atomic E-state index is 14.2. The van der Waals surface area contributed by atoms with Gasteiger partial charge in [0.1, 0.15) is 11.4 Å². The molecule has 2 aromatic carbocycles. The zero-order chi connectivity index (χ0) is 18.3. The number of anilines is 2. The SMILES string of the molecule is O=C1NC(=S)N(c2ccccc2F)C(=O)C1=CN1CCc2ccccc21. The largest absolute Gasteiger partial charge is 0.346 e. The first kappa shape index (κ1) is 16.4. The monoisotopic (exact) mass is 367 g/mol. The van der Waals surface area contributed by atoms with Gasteiger partial charge in [-0.1, -0.05) is 30.3 Å². The first-order chi connectivity index (χ1) is 12.6. The molecule has 0 saturated carbocycles. The molecule has 0 radical (unpaired) electrons. The maximum Gasteiger partial charge on any atom is 0.271 e. The molecule has 2 aliphatic heterocycles. The molecule has 2 amide bonds. The summed E-state index contributed by atoms with van der Waals surface area (Å²) in [4.78, 5) is 28.1. The van der Waals surface area contributed by atoms with Crippen LogP contribution in [-0.2, 0) is 16.0 Å². The van der Waals surface area contributed by atoms with E-state index in [0.717, 1.165) is 22.6 Å². The van der Waals surface area contributed by atoms with E-state index in [-0.39, 0.29) is 16.4 Å². The summed E-state index contributed by atoms with van der Waals surface area (Å²) in [6.07, 6.45) is 2.34. The van der Waals surface area contributed by atoms with Crippen LogP contribution in [-0.4, -0.2) is 23.5 Å². The zero-order valence-electron chi connectivity index (χ0n) is 13.6. The number of para-hydroxylation sites is 2. The predicted molar refractivity (Wildman–Crippen MR) is 100 cm³/mol. The average Bonchev–Trinajstić information content (AvgIpc) is 3.03. The molecule has 0 bridgehead atoms. The summed E-state index contributed by atoms with van der Waals surface area (Å²) < 4.78 is 14.2. The maximum absolute atomic E-state index is 14.2. The summed E-state index contributed by atoms with van der Waals surface area (Å²) in [6.45, 7) is 0.660. The third-order valence-corrected chi connectivity index (χ3v) is 4.69. The van der Waals surface area contributed by atoms with E-state index >= 15 is 0 Å². The Bertz CT molecular complexity index is 973. The zero-order valence-corrected chi connectivity index (χ0v) is 14.4. The highest BCUT2D eigenvalue weighted by atomic mass is 32.1. The van der Waals surface area contributed by atoms with Gasteiger partial charge in [-0.25, -0.2) is 9.29 Å². The first-order valence-electron chi connectivity index (χ1n) is 8.07. The average molecular weight is 367 g/mol. The smallest absolute Gasteiger partial charge is 0.271 e. The quantitative estimate of drug-likeness (QED) is 0.504. The Morgan fingerprint density at radius 1 is 1.04 bits per heavy atom. The number of benzene rings is 2. The summed E-state index contributed by atoms with van der Waals surface area (Å²) in [5.74, 6) is -1.82. The highest BCUT2D eigenvalue weighted by molar-refractivity contribution is 7.80. The molecule has 1 saturated heterocycles. The summed E-state index contributed by atoms with van der Waals surface area (Å²) in [7, 11) is 0. The van der Waals surface area contributed by atoms with Gasteiger partial charge in [0.15, 0.2) is 5.11 Å². The molecule has 26 heavy (non-hydrogen) atoms. The molecule has 0 unspecified atom stereocenters. The summed E-state index contributed by atoms with van der Waals surface area (Å²) in [5, 5.41) is 2.33. The molecule has 2 aromatic rings. The van der Waals surface area contributed by atoms with E-state index in [1.165, 1.54) is 24.4 Å². The number of nitrogens with zero attached hydrogens (tertiary/aromatic N) is 2. The number of amides is 2. The Labute approximate surface area is 154 Å². The van der Waals surface area contributed by atoms with Gasteiger partial charge in [-0.05, 0) is 42.4 Å². The molecule has 0 atom stereocenters. The fourth-order valence-electron chi connectivity index (χ4n) is 3.15. The van der Waals surface area contributed by atoms with Crippen LogP contribution < -0.4 is 15.1 Å². The minimum absolute atomic E-state index is 0.00946. The van der Waals surface area contributed by atoms with Gasteiger partial charge in [-0.15, -0.1) is 0 Å². The van der Waals surface area contributed by atoms with Crippen molar-refractivity contribution in [3.05, 3.63) is 71.7 Å². The summed E-state index contributed by atoms with van der Waals surface area (Å²) in [5.41, 5.74) is 2.02. The van der Waals surface area contributed by atoms with Crippen LogP contribution >= 0.6 is 12.2 Å². The van der Waals surface area contributed by atoms with Crippen LogP contribution in [0.25, 0.3) is 0 Å². The van der Waals surface area contributed by atoms with Gasteiger partial charge in [0, 0.05) is 18.4 Å². The number of hydrogen-bond acceptors (Lipinski definition) is 4. The second-order valence-electron chi connectivity index (χ2n) is 5.97. The fraction of sp³-hybridized carbons (Fsp3) is 0.105. The molecule has 5 nitrogen and oxygen atoms in total. The highest BCUT2D eigenvalue weighted by Crippen LogP contribution is 2.29. The lowest BCUT2D eigenvalue weighted by Crippen LogP contribution is -2.55. The Kier molecular flexibility index (Phi) is 4.00. The summed E-state index contributed by atoms with van der Waals surface area (Å²) in [6, 6.07) is 13.6. The normalized spacial score (nSPS) is 18.3. The van der Waals surface area contributed by atoms with E-state index in [2.05, 4.69) is 5.32 Å². The molecule has 2 aliphatic rings. The number of fused-ring (bicyclic) bond motifs is 1. The molecule has 1 fully saturated rings. The van der Waals surface area contributed by atoms with Crippen molar-refractivity contribution in [3.63, 3.8) is 0 Å². The number of rotatable bonds is 2. The number of hydrogen-bond donors (Lipinski definition) is 1. The third kappa shape index (κ3) is 2.66. The molecular weight excluding hydrogens is 353 g/mol. The van der Waals surface area contributed by atoms with Gasteiger partial charge in [0.05, 0.1) is 5.69 Å². The van der Waals surface area contributed by atoms with Crippen LogP contribution in [0.5, 0.6) is 0 Å². The van der Waals surface area contributed by atoms with Crippen molar-refractivity contribution in [2.45, 2.75) is 6.42 Å². The van der Waals surface area contributed by atoms with Crippen molar-refractivity contribution in [2.24, 2.45) is 0 Å². The Morgan fingerprint density at radius 3 is 2.50 bits per heavy atom. The molecular formula is C19H14FN3O2S. The van der Waals surface area contributed by atoms with Crippen molar-refractivity contribution in [2.75, 3.05) is 16.3 Å². The molecule has 4 rings (SSSR count). The van der Waals surface area contributed by atoms with Gasteiger partial charge in [-0.3, -0.25) is 14.9 Å². The molecule has 0 aromatic heterocycles. The number of thiocarbonyl (C=S) groups is 1. The number of carbonyl (C=O) groups excluding carboxylic acids is 2. The highest BCUT2D eigenvalue weighted by Gasteiger charge is 2.36. The Morgan fingerprint density at radius 2 is 1.73 bits per heavy atom. The first-order valence-corrected chi connectivity index (χ1v) is 8.48. The minimum atomic E-state index is -0.645. The van der Waals surface area contributed by atoms with Crippen LogP contribution in [0.1, 0.15) is 5.56 Å². The third-order valence-electron chi connectivity index (χ3n) is 4.40. The number of halogens is 1. The molecule has 130 valence electrons. The lowest BCUT2D eigenvalue weighted by molar-refractivity contribution is -0.122. The van der Waals surface area contributed by atoms with Crippen LogP contribution in [0.15, 0.2) is 60.3 Å². The molecule has 0 spiro atoms. The van der Waals surface area contributed by atoms with Gasteiger partial charge in [0.25, 0.3) is 11.8 Å². The Hall–Kier alpha value is -3.06. The van der Waals surface area contributed by atoms with Gasteiger partial charge < -0.3 is 4.90 Å². The molecule has 0 aliphatic carbocycles. The van der Waals surface area contributed by atoms with Crippen LogP contribution in [0.4, 0.5) is 15.8 Å². The molecule has 2 heterocycles. The fourth-order valence-corrected chi connectivity index (χ4v) is 3.42. The lowest BCUT2D eigenvalue weighted by atomic mass is 10.1. The van der Waals surface area contributed by atoms with E-state index in [0.29, 0.717) is 6.54 Å². The van der Waals surface area contributed by atoms with Gasteiger partial charge in [-0.2, -0.15) is 0 Å². The van der Waals surface area contributed by atoms with E-state index in [4.69, 9.17) is 12.2 Å². The second-order valence-corrected chi connectivity index (χ2v) is 6.35. The van der Waals surface area contributed by atoms with Crippen molar-refractivity contribution in [3.8, 4) is 0 Å². The van der Waals surface area contributed by atoms with Crippen molar-refractivity contribution in [1.29, 1.82) is 0 Å². The second kappa shape index (κ2) is 6.34. The van der Waals surface area contributed by atoms with Crippen LogP contribution in [0, 0.1) is 5.82 Å². The predicted octanol–water partition coefficient (Wildman–Crippen LogP) is 2.52. The van der Waals surface area contributed by atoms with Crippen molar-refractivity contribution in [1.82, 2.24) is 5.32 Å². The number of nitrogens with one attached hydrogen (secondary N) is 1. The minimum Gasteiger partial charge on any atom is -0.346 e. The van der Waals surface area contributed by atoms with Crippen LogP contribution in [0.2, 0.25) is 0 Å². The van der Waals surface area contributed by atoms with Gasteiger partial charge in [0.2, 0.25) is 0 Å². The van der Waals surface area contributed by atoms with Gasteiger partial charge >= 0.3 is 0 Å². The van der Waals surface area contributed by atoms with Crippen LogP contribution in [0.3, 0.4) is 0 Å². The molecule has 7 heteroatoms. The topological polar surface area (TPSA) is 52.7 Å². The van der Waals surface area contributed by atoms with Crippen molar-refractivity contribution >= 4 is 40.5 Å². The summed E-state index contributed by atoms with van der Waals surface area (Å²) >= 11 is 5.09. The molecule has 1 N–H and O–H groups in total. The van der Waals surface area contributed by atoms with E-state index in [1.807, 2.05) is 29.2 Å².